The van der Waals surface area contributed by atoms with E-state index in [1.165, 1.54) is 0 Å². The minimum absolute atomic E-state index is 0.141. The molecule has 2 unspecified atom stereocenters. The molecule has 28 heavy (non-hydrogen) atoms. The molecule has 0 spiro atoms. The van der Waals surface area contributed by atoms with Crippen molar-refractivity contribution >= 4 is 28.4 Å². The highest BCUT2D eigenvalue weighted by molar-refractivity contribution is 8.00. The number of ether oxygens (including phenoxy) is 1. The molecule has 3 aromatic rings. The van der Waals surface area contributed by atoms with Gasteiger partial charge in [0.1, 0.15) is 0 Å². The predicted octanol–water partition coefficient (Wildman–Crippen LogP) is 4.83. The summed E-state index contributed by atoms with van der Waals surface area (Å²) in [5.74, 6) is 0.141. The molecule has 1 saturated heterocycles. The Kier molecular flexibility index (Phi) is 5.34. The maximum absolute atomic E-state index is 13.3. The van der Waals surface area contributed by atoms with Crippen molar-refractivity contribution in [1.82, 2.24) is 14.5 Å². The van der Waals surface area contributed by atoms with Gasteiger partial charge in [-0.25, -0.2) is 4.98 Å². The number of para-hydroxylation sites is 1. The molecular formula is C22H27N3O2S. The van der Waals surface area contributed by atoms with Gasteiger partial charge in [0.05, 0.1) is 23.6 Å². The van der Waals surface area contributed by atoms with Crippen LogP contribution in [-0.2, 0) is 11.3 Å². The van der Waals surface area contributed by atoms with Crippen LogP contribution in [0.15, 0.2) is 29.4 Å². The Balaban J connectivity index is 1.59. The molecule has 1 aliphatic heterocycles. The Bertz CT molecular complexity index is 1010. The fourth-order valence-electron chi connectivity index (χ4n) is 3.93. The standard InChI is InChI=1S/C22H27N3O2S/c1-13-15(3)25(12-17-8-7-11-27-17)22(24-13)28-16(4)21(26)20-14(2)23-19-10-6-5-9-18(19)20/h5-6,9-10,16-17,23H,7-8,11-12H2,1-4H3. The second-order valence-corrected chi connectivity index (χ2v) is 8.91. The second-order valence-electron chi connectivity index (χ2n) is 7.61. The third-order valence-corrected chi connectivity index (χ3v) is 6.71. The average Bonchev–Trinajstić information content (AvgIpc) is 3.36. The van der Waals surface area contributed by atoms with E-state index in [1.807, 2.05) is 45.0 Å². The number of nitrogens with one attached hydrogen (secondary N) is 1. The number of nitrogens with zero attached hydrogens (tertiary/aromatic N) is 2. The van der Waals surface area contributed by atoms with Crippen molar-refractivity contribution in [2.75, 3.05) is 6.61 Å². The maximum Gasteiger partial charge on any atom is 0.178 e. The molecule has 0 saturated carbocycles. The van der Waals surface area contributed by atoms with Crippen LogP contribution in [0.25, 0.3) is 10.9 Å². The third kappa shape index (κ3) is 3.51. The molecule has 1 N–H and O–H groups in total. The molecule has 1 fully saturated rings. The van der Waals surface area contributed by atoms with Gasteiger partial charge in [0.15, 0.2) is 10.9 Å². The van der Waals surface area contributed by atoms with Gasteiger partial charge >= 0.3 is 0 Å². The summed E-state index contributed by atoms with van der Waals surface area (Å²) in [5, 5.41) is 1.68. The van der Waals surface area contributed by atoms with Crippen LogP contribution in [0.1, 0.15) is 47.2 Å². The van der Waals surface area contributed by atoms with Gasteiger partial charge < -0.3 is 14.3 Å². The fourth-order valence-corrected chi connectivity index (χ4v) is 5.00. The molecule has 5 nitrogen and oxygen atoms in total. The van der Waals surface area contributed by atoms with E-state index in [0.717, 1.165) is 64.7 Å². The number of H-pyrrole nitrogens is 1. The number of carbonyl (C=O) groups is 1. The Morgan fingerprint density at radius 2 is 2.14 bits per heavy atom. The van der Waals surface area contributed by atoms with Crippen molar-refractivity contribution in [1.29, 1.82) is 0 Å². The molecule has 0 amide bonds. The Labute approximate surface area is 169 Å². The summed E-state index contributed by atoms with van der Waals surface area (Å²) < 4.78 is 8.05. The van der Waals surface area contributed by atoms with E-state index >= 15 is 0 Å². The van der Waals surface area contributed by atoms with Crippen LogP contribution < -0.4 is 0 Å². The van der Waals surface area contributed by atoms with E-state index in [2.05, 4.69) is 16.5 Å². The number of Topliss-reactive ketones (excluding diaryl/α,β-unsaturated/α-hetero) is 1. The van der Waals surface area contributed by atoms with Crippen molar-refractivity contribution < 1.29 is 9.53 Å². The molecule has 2 atom stereocenters. The van der Waals surface area contributed by atoms with Crippen LogP contribution in [0.5, 0.6) is 0 Å². The smallest absolute Gasteiger partial charge is 0.178 e. The molecule has 148 valence electrons. The third-order valence-electron chi connectivity index (χ3n) is 5.62. The Hall–Kier alpha value is -2.05. The topological polar surface area (TPSA) is 59.9 Å². The van der Waals surface area contributed by atoms with Gasteiger partial charge in [-0.2, -0.15) is 0 Å². The molecule has 6 heteroatoms. The average molecular weight is 398 g/mol. The Morgan fingerprint density at radius 3 is 2.89 bits per heavy atom. The van der Waals surface area contributed by atoms with Crippen molar-refractivity contribution in [3.05, 3.63) is 46.9 Å². The number of rotatable bonds is 6. The molecule has 0 aliphatic carbocycles. The lowest BCUT2D eigenvalue weighted by atomic mass is 10.1. The highest BCUT2D eigenvalue weighted by atomic mass is 32.2. The number of aromatic amines is 1. The van der Waals surface area contributed by atoms with Crippen LogP contribution in [0.2, 0.25) is 0 Å². The number of benzene rings is 1. The molecule has 1 aliphatic rings. The molecule has 2 aromatic heterocycles. The number of ketones is 1. The summed E-state index contributed by atoms with van der Waals surface area (Å²) in [4.78, 5) is 21.4. The predicted molar refractivity (Wildman–Crippen MR) is 113 cm³/mol. The van der Waals surface area contributed by atoms with Crippen LogP contribution in [0.4, 0.5) is 0 Å². The molecule has 3 heterocycles. The summed E-state index contributed by atoms with van der Waals surface area (Å²) in [5.41, 5.74) is 4.89. The number of hydrogen-bond donors (Lipinski definition) is 1. The van der Waals surface area contributed by atoms with Gasteiger partial charge in [0, 0.05) is 34.5 Å². The number of hydrogen-bond acceptors (Lipinski definition) is 4. The zero-order valence-corrected chi connectivity index (χ0v) is 17.7. The summed E-state index contributed by atoms with van der Waals surface area (Å²) in [7, 11) is 0. The van der Waals surface area contributed by atoms with E-state index in [-0.39, 0.29) is 17.1 Å². The minimum atomic E-state index is -0.220. The van der Waals surface area contributed by atoms with E-state index in [4.69, 9.17) is 9.72 Å². The zero-order valence-electron chi connectivity index (χ0n) is 16.9. The summed E-state index contributed by atoms with van der Waals surface area (Å²) >= 11 is 1.55. The van der Waals surface area contributed by atoms with Crippen LogP contribution in [-0.4, -0.2) is 38.3 Å². The number of aryl methyl sites for hydroxylation is 2. The molecule has 0 radical (unpaired) electrons. The van der Waals surface area contributed by atoms with Gasteiger partial charge in [-0.1, -0.05) is 30.0 Å². The van der Waals surface area contributed by atoms with Gasteiger partial charge in [0.2, 0.25) is 0 Å². The van der Waals surface area contributed by atoms with Crippen molar-refractivity contribution in [3.8, 4) is 0 Å². The first-order chi connectivity index (χ1) is 13.5. The summed E-state index contributed by atoms with van der Waals surface area (Å²) in [6, 6.07) is 7.98. The number of fused-ring (bicyclic) bond motifs is 1. The van der Waals surface area contributed by atoms with Gasteiger partial charge in [0.25, 0.3) is 0 Å². The monoisotopic (exact) mass is 397 g/mol. The normalized spacial score (nSPS) is 18.1. The SMILES string of the molecule is Cc1nc(SC(C)C(=O)c2c(C)[nH]c3ccccc23)n(CC2CCCO2)c1C. The van der Waals surface area contributed by atoms with Crippen molar-refractivity contribution in [3.63, 3.8) is 0 Å². The van der Waals surface area contributed by atoms with Gasteiger partial charge in [-0.3, -0.25) is 4.79 Å². The Morgan fingerprint density at radius 1 is 1.36 bits per heavy atom. The van der Waals surface area contributed by atoms with E-state index in [9.17, 15) is 4.79 Å². The lowest BCUT2D eigenvalue weighted by molar-refractivity contribution is 0.0944. The van der Waals surface area contributed by atoms with Crippen LogP contribution in [0.3, 0.4) is 0 Å². The quantitative estimate of drug-likeness (QED) is 0.478. The fraction of sp³-hybridized carbons (Fsp3) is 0.455. The summed E-state index contributed by atoms with van der Waals surface area (Å²) in [6.45, 7) is 9.72. The highest BCUT2D eigenvalue weighted by Gasteiger charge is 2.26. The highest BCUT2D eigenvalue weighted by Crippen LogP contribution is 2.31. The van der Waals surface area contributed by atoms with E-state index < -0.39 is 0 Å². The maximum atomic E-state index is 13.3. The molecule has 1 aromatic carbocycles. The van der Waals surface area contributed by atoms with Gasteiger partial charge in [-0.05, 0) is 46.6 Å². The first-order valence-electron chi connectivity index (χ1n) is 9.89. The lowest BCUT2D eigenvalue weighted by Gasteiger charge is -2.16. The first-order valence-corrected chi connectivity index (χ1v) is 10.8. The van der Waals surface area contributed by atoms with E-state index in [1.54, 1.807) is 11.8 Å². The number of imidazole rings is 1. The van der Waals surface area contributed by atoms with E-state index in [0.29, 0.717) is 0 Å². The minimum Gasteiger partial charge on any atom is -0.376 e. The van der Waals surface area contributed by atoms with Crippen LogP contribution >= 0.6 is 11.8 Å². The number of thioether (sulfide) groups is 1. The van der Waals surface area contributed by atoms with Gasteiger partial charge in [-0.15, -0.1) is 0 Å². The summed E-state index contributed by atoms with van der Waals surface area (Å²) in [6.07, 6.45) is 2.45. The number of aromatic nitrogens is 3. The van der Waals surface area contributed by atoms with Crippen molar-refractivity contribution in [2.45, 2.75) is 63.6 Å². The lowest BCUT2D eigenvalue weighted by Crippen LogP contribution is -2.19. The molecule has 4 rings (SSSR count). The zero-order chi connectivity index (χ0) is 19.8. The molecule has 0 bridgehead atoms. The molecular weight excluding hydrogens is 370 g/mol. The second kappa shape index (κ2) is 7.76. The number of carbonyl (C=O) groups excluding carboxylic acids is 1. The van der Waals surface area contributed by atoms with Crippen LogP contribution in [0, 0.1) is 20.8 Å². The largest absolute Gasteiger partial charge is 0.376 e. The van der Waals surface area contributed by atoms with Crippen molar-refractivity contribution in [2.24, 2.45) is 0 Å². The first kappa shape index (κ1) is 19.3.